The Balaban J connectivity index is 1.97. The van der Waals surface area contributed by atoms with Gasteiger partial charge in [0.1, 0.15) is 0 Å². The first-order valence-corrected chi connectivity index (χ1v) is 3.75. The molecule has 9 heavy (non-hydrogen) atoms. The molecule has 0 aromatic heterocycles. The van der Waals surface area contributed by atoms with Crippen LogP contribution in [0.5, 0.6) is 0 Å². The highest BCUT2D eigenvalue weighted by Gasteiger charge is 2.75. The lowest BCUT2D eigenvalue weighted by molar-refractivity contribution is 0.468. The molecule has 0 saturated heterocycles. The summed E-state index contributed by atoms with van der Waals surface area (Å²) in [5, 5.41) is 0. The van der Waals surface area contributed by atoms with Crippen LogP contribution in [0.15, 0.2) is 0 Å². The zero-order valence-corrected chi connectivity index (χ0v) is 5.59. The van der Waals surface area contributed by atoms with E-state index in [0.29, 0.717) is 5.41 Å². The molecule has 0 radical (unpaired) electrons. The van der Waals surface area contributed by atoms with Crippen LogP contribution in [0.2, 0.25) is 0 Å². The predicted molar refractivity (Wildman–Crippen MR) is 37.5 cm³/mol. The summed E-state index contributed by atoms with van der Waals surface area (Å²) in [7, 11) is 0. The lowest BCUT2D eigenvalue weighted by atomic mass is 10.0. The molecule has 46 valence electrons. The van der Waals surface area contributed by atoms with Crippen molar-refractivity contribution in [2.24, 2.45) is 17.3 Å². The van der Waals surface area contributed by atoms with Crippen LogP contribution in [-0.4, -0.2) is 11.9 Å². The molecule has 3 rings (SSSR count). The molecule has 3 aliphatic rings. The third-order valence-electron chi connectivity index (χ3n) is 3.52. The minimum Gasteiger partial charge on any atom is -0.0804 e. The zero-order chi connectivity index (χ0) is 6.06. The fourth-order valence-corrected chi connectivity index (χ4v) is 2.49. The second-order valence-electron chi connectivity index (χ2n) is 3.72. The van der Waals surface area contributed by atoms with Crippen LogP contribution in [0.25, 0.3) is 0 Å². The van der Waals surface area contributed by atoms with Crippen LogP contribution in [0.4, 0.5) is 0 Å². The summed E-state index contributed by atoms with van der Waals surface area (Å²) in [4.78, 5) is 0. The summed E-state index contributed by atoms with van der Waals surface area (Å²) in [6.07, 6.45) is 4.97. The molecule has 2 unspecified atom stereocenters. The van der Waals surface area contributed by atoms with Gasteiger partial charge in [-0.2, -0.15) is 0 Å². The smallest absolute Gasteiger partial charge is 0.0804 e. The summed E-state index contributed by atoms with van der Waals surface area (Å²) in [5.74, 6) is 2.07. The van der Waals surface area contributed by atoms with Gasteiger partial charge in [-0.25, -0.2) is 0 Å². The van der Waals surface area contributed by atoms with Crippen LogP contribution in [0.3, 0.4) is 0 Å². The Morgan fingerprint density at radius 2 is 2.11 bits per heavy atom. The van der Waals surface area contributed by atoms with Gasteiger partial charge >= 0.3 is 11.9 Å². The molecule has 1 heteroatoms. The van der Waals surface area contributed by atoms with Crippen molar-refractivity contribution >= 4 is 11.9 Å². The molecule has 0 aromatic rings. The Hall–Kier alpha value is -0.550. The van der Waals surface area contributed by atoms with Gasteiger partial charge in [0, 0.05) is 0 Å². The van der Waals surface area contributed by atoms with E-state index in [2.05, 4.69) is 11.6 Å². The van der Waals surface area contributed by atoms with Crippen LogP contribution >= 0.6 is 0 Å². The van der Waals surface area contributed by atoms with E-state index < -0.39 is 0 Å². The molecule has 2 saturated carbocycles. The number of hydrogen-bond acceptors (Lipinski definition) is 0. The van der Waals surface area contributed by atoms with Crippen molar-refractivity contribution in [3.8, 4) is 0 Å². The molecule has 0 bridgehead atoms. The van der Waals surface area contributed by atoms with Crippen LogP contribution in [0, 0.1) is 17.3 Å². The van der Waals surface area contributed by atoms with Crippen LogP contribution in [0.1, 0.15) is 19.8 Å². The van der Waals surface area contributed by atoms with E-state index in [0.717, 1.165) is 11.8 Å². The fraction of sp³-hybridized carbons (Fsp3) is 0.750. The second-order valence-corrected chi connectivity index (χ2v) is 3.72. The van der Waals surface area contributed by atoms with Crippen LogP contribution in [-0.2, 0) is 0 Å². The molecule has 0 aromatic carbocycles. The van der Waals surface area contributed by atoms with Crippen LogP contribution < -0.4 is 4.67 Å². The molecule has 2 aliphatic carbocycles. The molecule has 2 fully saturated rings. The first-order valence-electron chi connectivity index (χ1n) is 3.75. The maximum atomic E-state index is 4.17. The second kappa shape index (κ2) is 0.911. The number of rotatable bonds is 1. The highest BCUT2D eigenvalue weighted by Crippen LogP contribution is 2.71. The Labute approximate surface area is 54.5 Å². The van der Waals surface area contributed by atoms with Crippen molar-refractivity contribution < 1.29 is 0 Å². The molecule has 0 spiro atoms. The van der Waals surface area contributed by atoms with Gasteiger partial charge in [-0.3, -0.25) is 0 Å². The van der Waals surface area contributed by atoms with Gasteiger partial charge in [0.05, 0.1) is 5.41 Å². The molecule has 1 nitrogen and oxygen atoms in total. The molecule has 0 N–H and O–H groups in total. The van der Waals surface area contributed by atoms with Gasteiger partial charge in [-0.1, -0.05) is 4.67 Å². The van der Waals surface area contributed by atoms with Crippen molar-refractivity contribution in [1.82, 2.24) is 4.67 Å². The molecular weight excluding hydrogens is 110 g/mol. The monoisotopic (exact) mass is 120 g/mol. The third kappa shape index (κ3) is 0.294. The van der Waals surface area contributed by atoms with Gasteiger partial charge in [0.25, 0.3) is 0 Å². The standard InChI is InChI=1S/C8H10N/c1-8(7-4-9-7)5-2-3-6(5)8/h4-6H,2-3H2,1H3/q+1/t5-,6?,8?/m0/s1. The van der Waals surface area contributed by atoms with Gasteiger partial charge in [0.15, 0.2) is 0 Å². The first kappa shape index (κ1) is 4.29. The van der Waals surface area contributed by atoms with E-state index in [-0.39, 0.29) is 0 Å². The largest absolute Gasteiger partial charge is 0.391 e. The number of nitrogens with zero attached hydrogens (tertiary/aromatic N) is 1. The van der Waals surface area contributed by atoms with Crippen molar-refractivity contribution in [3.63, 3.8) is 0 Å². The summed E-state index contributed by atoms with van der Waals surface area (Å²) in [6.45, 7) is 2.37. The van der Waals surface area contributed by atoms with E-state index in [1.54, 1.807) is 0 Å². The minimum absolute atomic E-state index is 0.583. The van der Waals surface area contributed by atoms with E-state index in [1.165, 1.54) is 18.6 Å². The molecule has 0 amide bonds. The minimum atomic E-state index is 0.583. The Kier molecular flexibility index (Phi) is 0.434. The Morgan fingerprint density at radius 3 is 2.44 bits per heavy atom. The van der Waals surface area contributed by atoms with E-state index in [4.69, 9.17) is 0 Å². The van der Waals surface area contributed by atoms with E-state index in [9.17, 15) is 0 Å². The molecule has 3 atom stereocenters. The average Bonchev–Trinajstić information content (AvgIpc) is 2.42. The number of hydrogen-bond donors (Lipinski definition) is 0. The predicted octanol–water partition coefficient (Wildman–Crippen LogP) is 0.625. The van der Waals surface area contributed by atoms with Crippen molar-refractivity contribution in [2.45, 2.75) is 19.8 Å². The first-order chi connectivity index (χ1) is 4.33. The summed E-state index contributed by atoms with van der Waals surface area (Å²) in [6, 6.07) is 0. The van der Waals surface area contributed by atoms with Crippen molar-refractivity contribution in [1.29, 1.82) is 0 Å². The summed E-state index contributed by atoms with van der Waals surface area (Å²) < 4.78 is 4.17. The molecular formula is C8H10N+. The quantitative estimate of drug-likeness (QED) is 0.450. The van der Waals surface area contributed by atoms with E-state index >= 15 is 0 Å². The lowest BCUT2D eigenvalue weighted by Crippen LogP contribution is -2.06. The molecule has 1 heterocycles. The van der Waals surface area contributed by atoms with Gasteiger partial charge in [-0.05, 0) is 31.6 Å². The van der Waals surface area contributed by atoms with E-state index in [1.807, 2.05) is 6.21 Å². The average molecular weight is 120 g/mol. The Bertz CT molecular complexity index is 235. The lowest BCUT2D eigenvalue weighted by Gasteiger charge is -2.03. The highest BCUT2D eigenvalue weighted by molar-refractivity contribution is 6.42. The Morgan fingerprint density at radius 1 is 1.56 bits per heavy atom. The molecule has 1 aliphatic heterocycles. The fourth-order valence-electron chi connectivity index (χ4n) is 2.49. The maximum Gasteiger partial charge on any atom is 0.391 e. The van der Waals surface area contributed by atoms with Gasteiger partial charge < -0.3 is 0 Å². The highest BCUT2D eigenvalue weighted by atomic mass is 14.8. The van der Waals surface area contributed by atoms with Crippen molar-refractivity contribution in [3.05, 3.63) is 0 Å². The van der Waals surface area contributed by atoms with Gasteiger partial charge in [-0.15, -0.1) is 0 Å². The maximum absolute atomic E-state index is 4.17. The summed E-state index contributed by atoms with van der Waals surface area (Å²) >= 11 is 0. The third-order valence-corrected chi connectivity index (χ3v) is 3.52. The SMILES string of the molecule is CC1(C2=[N+]=C2)C2CC[C@@H]21. The van der Waals surface area contributed by atoms with Gasteiger partial charge in [0.2, 0.25) is 0 Å². The van der Waals surface area contributed by atoms with Crippen molar-refractivity contribution in [2.75, 3.05) is 0 Å². The summed E-state index contributed by atoms with van der Waals surface area (Å²) in [5.41, 5.74) is 2.00. The topological polar surface area (TPSA) is 14.1 Å². The number of fused-ring (bicyclic) bond motifs is 1. The normalized spacial score (nSPS) is 57.7. The zero-order valence-electron chi connectivity index (χ0n) is 5.59.